The van der Waals surface area contributed by atoms with Crippen LogP contribution in [0.3, 0.4) is 0 Å². The fourth-order valence-corrected chi connectivity index (χ4v) is 1.52. The van der Waals surface area contributed by atoms with Crippen LogP contribution in [0.5, 0.6) is 0 Å². The second-order valence-electron chi connectivity index (χ2n) is 3.30. The van der Waals surface area contributed by atoms with Crippen molar-refractivity contribution in [3.8, 4) is 0 Å². The van der Waals surface area contributed by atoms with E-state index < -0.39 is 0 Å². The third-order valence-corrected chi connectivity index (χ3v) is 2.15. The third kappa shape index (κ3) is 2.24. The van der Waals surface area contributed by atoms with Gasteiger partial charge in [0.25, 0.3) is 0 Å². The standard InChI is InChI=1S/C11H13N2.Y/c1-3-6-13-11-5-4-9(2)7-10(11)8-12-13;/h3-5,7-8H,6H2,1-2H3;/q-1;. The number of hydrogen-bond acceptors (Lipinski definition) is 1. The first-order chi connectivity index (χ1) is 6.31. The van der Waals surface area contributed by atoms with Crippen molar-refractivity contribution < 1.29 is 32.7 Å². The molecule has 14 heavy (non-hydrogen) atoms. The molecule has 1 aromatic heterocycles. The summed E-state index contributed by atoms with van der Waals surface area (Å²) in [6.07, 6.45) is 4.03. The maximum Gasteiger partial charge on any atom is 0.0651 e. The van der Waals surface area contributed by atoms with Crippen molar-refractivity contribution in [1.82, 2.24) is 9.78 Å². The van der Waals surface area contributed by atoms with E-state index in [9.17, 15) is 0 Å². The number of rotatable bonds is 2. The second kappa shape index (κ2) is 5.04. The van der Waals surface area contributed by atoms with Gasteiger partial charge in [0.2, 0.25) is 0 Å². The minimum Gasteiger partial charge on any atom is -0.310 e. The minimum absolute atomic E-state index is 0. The summed E-state index contributed by atoms with van der Waals surface area (Å²) >= 11 is 0. The van der Waals surface area contributed by atoms with Gasteiger partial charge in [-0.1, -0.05) is 18.2 Å². The van der Waals surface area contributed by atoms with E-state index >= 15 is 0 Å². The predicted octanol–water partition coefficient (Wildman–Crippen LogP) is 2.57. The Bertz CT molecular complexity index is 420. The summed E-state index contributed by atoms with van der Waals surface area (Å²) in [4.78, 5) is 0. The molecule has 0 spiro atoms. The summed E-state index contributed by atoms with van der Waals surface area (Å²) in [5.41, 5.74) is 2.50. The summed E-state index contributed by atoms with van der Waals surface area (Å²) in [5, 5.41) is 5.54. The fourth-order valence-electron chi connectivity index (χ4n) is 1.52. The molecule has 0 aliphatic carbocycles. The van der Waals surface area contributed by atoms with Crippen LogP contribution < -0.4 is 0 Å². The molecule has 0 aliphatic rings. The molecule has 0 aliphatic heterocycles. The zero-order valence-electron chi connectivity index (χ0n) is 8.57. The van der Waals surface area contributed by atoms with E-state index in [4.69, 9.17) is 0 Å². The van der Waals surface area contributed by atoms with Gasteiger partial charge in [-0.15, -0.1) is 0 Å². The van der Waals surface area contributed by atoms with Crippen LogP contribution in [0.1, 0.15) is 12.5 Å². The fraction of sp³-hybridized carbons (Fsp3) is 0.273. The first kappa shape index (κ1) is 11.9. The number of aryl methyl sites for hydroxylation is 1. The monoisotopic (exact) mass is 262 g/mol. The minimum atomic E-state index is 0. The van der Waals surface area contributed by atoms with Crippen LogP contribution in [0, 0.1) is 13.3 Å². The van der Waals surface area contributed by atoms with E-state index in [1.807, 2.05) is 17.8 Å². The Kier molecular flexibility index (Phi) is 4.27. The van der Waals surface area contributed by atoms with Crippen LogP contribution in [0.4, 0.5) is 0 Å². The van der Waals surface area contributed by atoms with Crippen molar-refractivity contribution in [2.45, 2.75) is 20.4 Å². The molecule has 0 saturated heterocycles. The molecule has 0 amide bonds. The van der Waals surface area contributed by atoms with Gasteiger partial charge in [0, 0.05) is 38.1 Å². The molecule has 2 rings (SSSR count). The van der Waals surface area contributed by atoms with Crippen molar-refractivity contribution in [2.75, 3.05) is 0 Å². The number of aromatic nitrogens is 2. The topological polar surface area (TPSA) is 17.8 Å². The molecule has 71 valence electrons. The average molecular weight is 262 g/mol. The van der Waals surface area contributed by atoms with Gasteiger partial charge in [0.05, 0.1) is 11.7 Å². The van der Waals surface area contributed by atoms with Gasteiger partial charge in [-0.2, -0.15) is 12.0 Å². The molecular weight excluding hydrogens is 249 g/mol. The molecule has 0 N–H and O–H groups in total. The maximum absolute atomic E-state index is 4.31. The number of hydrogen-bond donors (Lipinski definition) is 0. The quantitative estimate of drug-likeness (QED) is 0.760. The van der Waals surface area contributed by atoms with Gasteiger partial charge >= 0.3 is 0 Å². The molecular formula is C11H13N2Y-. The SMILES string of the molecule is C[CH-]Cn1ncc2cc(C)ccc21.[Y]. The molecule has 0 bridgehead atoms. The summed E-state index contributed by atoms with van der Waals surface area (Å²) < 4.78 is 2.01. The average Bonchev–Trinajstić information content (AvgIpc) is 2.49. The molecule has 3 heteroatoms. The van der Waals surface area contributed by atoms with Crippen molar-refractivity contribution >= 4 is 10.9 Å². The molecule has 0 atom stereocenters. The molecule has 0 unspecified atom stereocenters. The molecule has 1 heterocycles. The van der Waals surface area contributed by atoms with Crippen LogP contribution in [0.15, 0.2) is 24.4 Å². The van der Waals surface area contributed by atoms with Crippen LogP contribution >= 0.6 is 0 Å². The molecule has 2 aromatic rings. The Morgan fingerprint density at radius 1 is 1.43 bits per heavy atom. The summed E-state index contributed by atoms with van der Waals surface area (Å²) in [5.74, 6) is 0. The van der Waals surface area contributed by atoms with Gasteiger partial charge in [-0.3, -0.25) is 4.68 Å². The van der Waals surface area contributed by atoms with Crippen LogP contribution in [0.2, 0.25) is 0 Å². The van der Waals surface area contributed by atoms with Crippen molar-refractivity contribution in [1.29, 1.82) is 0 Å². The predicted molar refractivity (Wildman–Crippen MR) is 54.4 cm³/mol. The van der Waals surface area contributed by atoms with E-state index in [0.29, 0.717) is 0 Å². The molecule has 0 fully saturated rings. The van der Waals surface area contributed by atoms with Crippen LogP contribution in [0.25, 0.3) is 10.9 Å². The number of nitrogens with zero attached hydrogens (tertiary/aromatic N) is 2. The zero-order valence-corrected chi connectivity index (χ0v) is 11.4. The van der Waals surface area contributed by atoms with Gasteiger partial charge in [-0.05, 0) is 19.1 Å². The number of benzene rings is 1. The van der Waals surface area contributed by atoms with Crippen molar-refractivity contribution in [3.63, 3.8) is 0 Å². The number of fused-ring (bicyclic) bond motifs is 1. The van der Waals surface area contributed by atoms with E-state index in [-0.39, 0.29) is 32.7 Å². The second-order valence-corrected chi connectivity index (χ2v) is 3.30. The zero-order chi connectivity index (χ0) is 9.26. The van der Waals surface area contributed by atoms with Gasteiger partial charge in [0.15, 0.2) is 0 Å². The van der Waals surface area contributed by atoms with E-state index in [1.54, 1.807) is 0 Å². The largest absolute Gasteiger partial charge is 0.310 e. The Hall–Kier alpha value is -0.206. The van der Waals surface area contributed by atoms with Crippen molar-refractivity contribution in [2.24, 2.45) is 0 Å². The first-order valence-electron chi connectivity index (χ1n) is 4.51. The Morgan fingerprint density at radius 2 is 2.21 bits per heavy atom. The Balaban J connectivity index is 0.000000980. The molecule has 2 nitrogen and oxygen atoms in total. The first-order valence-corrected chi connectivity index (χ1v) is 4.51. The van der Waals surface area contributed by atoms with E-state index in [0.717, 1.165) is 6.54 Å². The van der Waals surface area contributed by atoms with Gasteiger partial charge < -0.3 is 6.42 Å². The van der Waals surface area contributed by atoms with Crippen LogP contribution in [-0.4, -0.2) is 9.78 Å². The maximum atomic E-state index is 4.31. The third-order valence-electron chi connectivity index (χ3n) is 2.15. The smallest absolute Gasteiger partial charge is 0.0651 e. The summed E-state index contributed by atoms with van der Waals surface area (Å²) in [7, 11) is 0. The Labute approximate surface area is 110 Å². The molecule has 1 radical (unpaired) electrons. The normalized spacial score (nSPS) is 10.1. The van der Waals surface area contributed by atoms with Crippen molar-refractivity contribution in [3.05, 3.63) is 36.4 Å². The van der Waals surface area contributed by atoms with E-state index in [1.165, 1.54) is 16.5 Å². The molecule has 1 aromatic carbocycles. The van der Waals surface area contributed by atoms with Crippen LogP contribution in [-0.2, 0) is 39.3 Å². The summed E-state index contributed by atoms with van der Waals surface area (Å²) in [6.45, 7) is 5.02. The Morgan fingerprint density at radius 3 is 2.93 bits per heavy atom. The summed E-state index contributed by atoms with van der Waals surface area (Å²) in [6, 6.07) is 6.41. The van der Waals surface area contributed by atoms with E-state index in [2.05, 4.69) is 36.6 Å². The van der Waals surface area contributed by atoms with Gasteiger partial charge in [-0.25, -0.2) is 0 Å². The van der Waals surface area contributed by atoms with Gasteiger partial charge in [0.1, 0.15) is 0 Å². The molecule has 0 saturated carbocycles.